The van der Waals surface area contributed by atoms with Gasteiger partial charge in [0.05, 0.1) is 22.8 Å². The molecule has 8 heteroatoms. The van der Waals surface area contributed by atoms with Gasteiger partial charge in [-0.15, -0.1) is 0 Å². The third-order valence-corrected chi connectivity index (χ3v) is 3.54. The van der Waals surface area contributed by atoms with Gasteiger partial charge in [0.2, 0.25) is 0 Å². The normalized spacial score (nSPS) is 10.6. The van der Waals surface area contributed by atoms with Gasteiger partial charge in [0.25, 0.3) is 11.8 Å². The fourth-order valence-corrected chi connectivity index (χ4v) is 2.23. The Morgan fingerprint density at radius 3 is 2.46 bits per heavy atom. The standard InChI is InChI=1S/C16H12Cl2FN3O2/c17-13-5-2-6-14(18)12(13)8-21-22-15(23)9-20-16(24)10-3-1-4-11(19)7-10/h1-8H,9H2,(H,20,24)(H,22,23). The Morgan fingerprint density at radius 2 is 1.79 bits per heavy atom. The number of hydrazone groups is 1. The first-order valence-corrected chi connectivity index (χ1v) is 7.52. The molecule has 0 aliphatic rings. The Hall–Kier alpha value is -2.44. The smallest absolute Gasteiger partial charge is 0.259 e. The topological polar surface area (TPSA) is 70.6 Å². The van der Waals surface area contributed by atoms with Crippen molar-refractivity contribution in [2.24, 2.45) is 5.10 Å². The fourth-order valence-electron chi connectivity index (χ4n) is 1.73. The minimum absolute atomic E-state index is 0.120. The lowest BCUT2D eigenvalue weighted by atomic mass is 10.2. The molecule has 2 amide bonds. The summed E-state index contributed by atoms with van der Waals surface area (Å²) in [6, 6.07) is 10.1. The van der Waals surface area contributed by atoms with E-state index < -0.39 is 17.6 Å². The summed E-state index contributed by atoms with van der Waals surface area (Å²) in [5, 5.41) is 6.85. The van der Waals surface area contributed by atoms with Crippen LogP contribution < -0.4 is 10.7 Å². The first kappa shape index (κ1) is 17.9. The van der Waals surface area contributed by atoms with Crippen LogP contribution in [0.4, 0.5) is 4.39 Å². The zero-order chi connectivity index (χ0) is 17.5. The first-order chi connectivity index (χ1) is 11.5. The second-order valence-electron chi connectivity index (χ2n) is 4.62. The monoisotopic (exact) mass is 367 g/mol. The average Bonchev–Trinajstić information content (AvgIpc) is 2.55. The van der Waals surface area contributed by atoms with Crippen LogP contribution in [-0.4, -0.2) is 24.6 Å². The number of hydrogen-bond donors (Lipinski definition) is 2. The van der Waals surface area contributed by atoms with Gasteiger partial charge >= 0.3 is 0 Å². The number of benzene rings is 2. The van der Waals surface area contributed by atoms with E-state index in [-0.39, 0.29) is 12.1 Å². The van der Waals surface area contributed by atoms with Crippen molar-refractivity contribution in [3.8, 4) is 0 Å². The minimum Gasteiger partial charge on any atom is -0.343 e. The van der Waals surface area contributed by atoms with Crippen LogP contribution in [0.2, 0.25) is 10.0 Å². The summed E-state index contributed by atoms with van der Waals surface area (Å²) in [5.74, 6) is -1.66. The lowest BCUT2D eigenvalue weighted by Crippen LogP contribution is -2.34. The second-order valence-corrected chi connectivity index (χ2v) is 5.44. The third kappa shape index (κ3) is 5.04. The zero-order valence-electron chi connectivity index (χ0n) is 12.2. The van der Waals surface area contributed by atoms with Crippen LogP contribution in [0.25, 0.3) is 0 Å². The number of rotatable bonds is 5. The maximum Gasteiger partial charge on any atom is 0.259 e. The van der Waals surface area contributed by atoms with Gasteiger partial charge in [-0.25, -0.2) is 9.82 Å². The predicted molar refractivity (Wildman–Crippen MR) is 90.9 cm³/mol. The highest BCUT2D eigenvalue weighted by Gasteiger charge is 2.08. The molecule has 0 bridgehead atoms. The molecule has 0 heterocycles. The van der Waals surface area contributed by atoms with Crippen molar-refractivity contribution in [2.75, 3.05) is 6.54 Å². The molecule has 0 fully saturated rings. The van der Waals surface area contributed by atoms with Crippen LogP contribution in [-0.2, 0) is 4.79 Å². The van der Waals surface area contributed by atoms with E-state index in [0.717, 1.165) is 6.07 Å². The molecule has 2 aromatic rings. The van der Waals surface area contributed by atoms with E-state index >= 15 is 0 Å². The van der Waals surface area contributed by atoms with Gasteiger partial charge in [-0.3, -0.25) is 9.59 Å². The maximum atomic E-state index is 13.0. The first-order valence-electron chi connectivity index (χ1n) is 6.77. The molecule has 24 heavy (non-hydrogen) atoms. The lowest BCUT2D eigenvalue weighted by molar-refractivity contribution is -0.120. The molecule has 0 aromatic heterocycles. The quantitative estimate of drug-likeness (QED) is 0.629. The molecule has 0 saturated heterocycles. The van der Waals surface area contributed by atoms with Gasteiger partial charge in [0.1, 0.15) is 5.82 Å². The molecule has 2 aromatic carbocycles. The van der Waals surface area contributed by atoms with Crippen LogP contribution in [0.3, 0.4) is 0 Å². The zero-order valence-corrected chi connectivity index (χ0v) is 13.7. The van der Waals surface area contributed by atoms with Gasteiger partial charge in [-0.1, -0.05) is 35.3 Å². The summed E-state index contributed by atoms with van der Waals surface area (Å²) >= 11 is 11.9. The lowest BCUT2D eigenvalue weighted by Gasteiger charge is -2.04. The van der Waals surface area contributed by atoms with Gasteiger partial charge in [0, 0.05) is 11.1 Å². The SMILES string of the molecule is O=C(CNC(=O)c1cccc(F)c1)NN=Cc1c(Cl)cccc1Cl. The predicted octanol–water partition coefficient (Wildman–Crippen LogP) is 3.01. The molecule has 0 saturated carbocycles. The molecule has 0 radical (unpaired) electrons. The van der Waals surface area contributed by atoms with Crippen molar-refractivity contribution >= 4 is 41.2 Å². The van der Waals surface area contributed by atoms with Crippen LogP contribution in [0.1, 0.15) is 15.9 Å². The second kappa shape index (κ2) is 8.42. The number of nitrogens with one attached hydrogen (secondary N) is 2. The summed E-state index contributed by atoms with van der Waals surface area (Å²) in [4.78, 5) is 23.4. The van der Waals surface area contributed by atoms with Crippen LogP contribution in [0.5, 0.6) is 0 Å². The number of carbonyl (C=O) groups excluding carboxylic acids is 2. The molecule has 0 aliphatic carbocycles. The van der Waals surface area contributed by atoms with Gasteiger partial charge in [0.15, 0.2) is 0 Å². The summed E-state index contributed by atoms with van der Waals surface area (Å²) < 4.78 is 13.0. The van der Waals surface area contributed by atoms with Gasteiger partial charge in [-0.2, -0.15) is 5.10 Å². The molecule has 5 nitrogen and oxygen atoms in total. The average molecular weight is 368 g/mol. The summed E-state index contributed by atoms with van der Waals surface area (Å²) in [6.45, 7) is -0.317. The molecule has 0 aliphatic heterocycles. The van der Waals surface area contributed by atoms with Crippen molar-refractivity contribution in [1.29, 1.82) is 0 Å². The largest absolute Gasteiger partial charge is 0.343 e. The number of halogens is 3. The molecular formula is C16H12Cl2FN3O2. The van der Waals surface area contributed by atoms with E-state index in [0.29, 0.717) is 15.6 Å². The summed E-state index contributed by atoms with van der Waals surface area (Å²) in [7, 11) is 0. The molecule has 2 N–H and O–H groups in total. The number of hydrogen-bond acceptors (Lipinski definition) is 3. The molecule has 124 valence electrons. The third-order valence-electron chi connectivity index (χ3n) is 2.88. The van der Waals surface area contributed by atoms with Crippen LogP contribution in [0, 0.1) is 5.82 Å². The minimum atomic E-state index is -0.567. The number of nitrogens with zero attached hydrogens (tertiary/aromatic N) is 1. The fraction of sp³-hybridized carbons (Fsp3) is 0.0625. The van der Waals surface area contributed by atoms with Crippen LogP contribution >= 0.6 is 23.2 Å². The van der Waals surface area contributed by atoms with Gasteiger partial charge in [-0.05, 0) is 30.3 Å². The van der Waals surface area contributed by atoms with Crippen molar-refractivity contribution < 1.29 is 14.0 Å². The summed E-state index contributed by atoms with van der Waals surface area (Å²) in [5.41, 5.74) is 2.81. The highest BCUT2D eigenvalue weighted by Crippen LogP contribution is 2.21. The number of amides is 2. The van der Waals surface area contributed by atoms with E-state index in [1.54, 1.807) is 18.2 Å². The van der Waals surface area contributed by atoms with Gasteiger partial charge < -0.3 is 5.32 Å². The van der Waals surface area contributed by atoms with Crippen molar-refractivity contribution in [2.45, 2.75) is 0 Å². The van der Waals surface area contributed by atoms with E-state index in [1.807, 2.05) is 0 Å². The Balaban J connectivity index is 1.85. The highest BCUT2D eigenvalue weighted by atomic mass is 35.5. The Morgan fingerprint density at radius 1 is 1.12 bits per heavy atom. The van der Waals surface area contributed by atoms with Crippen molar-refractivity contribution in [1.82, 2.24) is 10.7 Å². The molecule has 0 spiro atoms. The molecule has 2 rings (SSSR count). The molecule has 0 atom stereocenters. The van der Waals surface area contributed by atoms with E-state index in [4.69, 9.17) is 23.2 Å². The summed E-state index contributed by atoms with van der Waals surface area (Å²) in [6.07, 6.45) is 1.30. The Bertz CT molecular complexity index is 776. The number of carbonyl (C=O) groups is 2. The maximum absolute atomic E-state index is 13.0. The molecule has 0 unspecified atom stereocenters. The molecular weight excluding hydrogens is 356 g/mol. The van der Waals surface area contributed by atoms with Crippen LogP contribution in [0.15, 0.2) is 47.6 Å². The Kier molecular flexibility index (Phi) is 6.28. The highest BCUT2D eigenvalue weighted by molar-refractivity contribution is 6.38. The van der Waals surface area contributed by atoms with E-state index in [9.17, 15) is 14.0 Å². The van der Waals surface area contributed by atoms with Crippen molar-refractivity contribution in [3.05, 3.63) is 69.5 Å². The van der Waals surface area contributed by atoms with Crippen molar-refractivity contribution in [3.63, 3.8) is 0 Å². The Labute approximate surface area is 147 Å². The van der Waals surface area contributed by atoms with E-state index in [2.05, 4.69) is 15.8 Å². The van der Waals surface area contributed by atoms with E-state index in [1.165, 1.54) is 24.4 Å².